The average molecular weight is 432 g/mol. The molecule has 0 radical (unpaired) electrons. The summed E-state index contributed by atoms with van der Waals surface area (Å²) in [5, 5.41) is 1.01. The first-order valence-electron chi connectivity index (χ1n) is 9.48. The van der Waals surface area contributed by atoms with Gasteiger partial charge in [-0.25, -0.2) is 9.37 Å². The van der Waals surface area contributed by atoms with E-state index in [-0.39, 0.29) is 5.91 Å². The van der Waals surface area contributed by atoms with Gasteiger partial charge in [0.1, 0.15) is 11.6 Å². The van der Waals surface area contributed by atoms with E-state index in [1.807, 2.05) is 22.9 Å². The van der Waals surface area contributed by atoms with Crippen LogP contribution in [-0.2, 0) is 13.1 Å². The minimum absolute atomic E-state index is 0.180. The number of imidazole rings is 1. The van der Waals surface area contributed by atoms with Crippen LogP contribution >= 0.6 is 23.2 Å². The van der Waals surface area contributed by atoms with E-state index in [0.717, 1.165) is 24.2 Å². The van der Waals surface area contributed by atoms with E-state index in [2.05, 4.69) is 4.98 Å². The Bertz CT molecular complexity index is 1030. The van der Waals surface area contributed by atoms with Crippen molar-refractivity contribution in [2.24, 2.45) is 5.92 Å². The number of aromatic nitrogens is 2. The topological polar surface area (TPSA) is 38.1 Å². The van der Waals surface area contributed by atoms with Gasteiger partial charge < -0.3 is 9.47 Å². The molecule has 150 valence electrons. The van der Waals surface area contributed by atoms with Crippen LogP contribution in [0.1, 0.15) is 34.6 Å². The van der Waals surface area contributed by atoms with E-state index < -0.39 is 5.82 Å². The van der Waals surface area contributed by atoms with Gasteiger partial charge in [0.15, 0.2) is 0 Å². The number of halogens is 3. The fraction of sp³-hybridized carbons (Fsp3) is 0.273. The molecular formula is C22H20Cl2FN3O. The molecule has 29 heavy (non-hydrogen) atoms. The van der Waals surface area contributed by atoms with Crippen LogP contribution in [-0.4, -0.2) is 26.9 Å². The molecule has 7 heteroatoms. The Hall–Kier alpha value is -2.37. The minimum atomic E-state index is -0.414. The van der Waals surface area contributed by atoms with Crippen LogP contribution in [0.2, 0.25) is 10.0 Å². The Morgan fingerprint density at radius 2 is 2.00 bits per heavy atom. The van der Waals surface area contributed by atoms with Crippen LogP contribution in [0.15, 0.2) is 54.9 Å². The summed E-state index contributed by atoms with van der Waals surface area (Å²) in [7, 11) is 0. The maximum atomic E-state index is 13.6. The Balaban J connectivity index is 1.54. The quantitative estimate of drug-likeness (QED) is 0.500. The molecule has 0 saturated heterocycles. The van der Waals surface area contributed by atoms with Crippen LogP contribution in [0.4, 0.5) is 4.39 Å². The van der Waals surface area contributed by atoms with Gasteiger partial charge in [0.05, 0.1) is 16.6 Å². The van der Waals surface area contributed by atoms with Gasteiger partial charge >= 0.3 is 0 Å². The van der Waals surface area contributed by atoms with Gasteiger partial charge in [-0.05, 0) is 54.7 Å². The molecule has 4 rings (SSSR count). The molecule has 1 aliphatic rings. The van der Waals surface area contributed by atoms with E-state index in [0.29, 0.717) is 41.2 Å². The van der Waals surface area contributed by atoms with E-state index in [9.17, 15) is 9.18 Å². The van der Waals surface area contributed by atoms with Crippen molar-refractivity contribution in [3.63, 3.8) is 0 Å². The Morgan fingerprint density at radius 1 is 1.17 bits per heavy atom. The summed E-state index contributed by atoms with van der Waals surface area (Å²) in [5.74, 6) is 0.677. The molecule has 3 aromatic rings. The highest BCUT2D eigenvalue weighted by Gasteiger charge is 2.28. The van der Waals surface area contributed by atoms with Crippen molar-refractivity contribution < 1.29 is 9.18 Å². The highest BCUT2D eigenvalue weighted by atomic mass is 35.5. The molecule has 1 saturated carbocycles. The second-order valence-electron chi connectivity index (χ2n) is 7.36. The van der Waals surface area contributed by atoms with Gasteiger partial charge in [-0.3, -0.25) is 4.79 Å². The fourth-order valence-electron chi connectivity index (χ4n) is 3.28. The first kappa shape index (κ1) is 19.9. The standard InChI is InChI=1S/C22H20Cl2FN3O/c23-19-7-6-16(10-20(19)24)13-27-9-8-26-21(27)14-28(12-15-4-5-15)22(29)17-2-1-3-18(25)11-17/h1-3,6-11,15H,4-5,12-14H2. The molecule has 0 bridgehead atoms. The van der Waals surface area contributed by atoms with E-state index >= 15 is 0 Å². The van der Waals surface area contributed by atoms with Crippen molar-refractivity contribution in [3.8, 4) is 0 Å². The second-order valence-corrected chi connectivity index (χ2v) is 8.17. The third-order valence-corrected chi connectivity index (χ3v) is 5.74. The van der Waals surface area contributed by atoms with Gasteiger partial charge in [-0.1, -0.05) is 35.3 Å². The summed E-state index contributed by atoms with van der Waals surface area (Å²) in [4.78, 5) is 19.2. The number of hydrogen-bond acceptors (Lipinski definition) is 2. The highest BCUT2D eigenvalue weighted by molar-refractivity contribution is 6.42. The summed E-state index contributed by atoms with van der Waals surface area (Å²) in [6.07, 6.45) is 5.82. The first-order valence-corrected chi connectivity index (χ1v) is 10.2. The van der Waals surface area contributed by atoms with E-state index in [4.69, 9.17) is 23.2 Å². The number of rotatable bonds is 7. The molecule has 1 aromatic heterocycles. The van der Waals surface area contributed by atoms with Gasteiger partial charge in [0.2, 0.25) is 0 Å². The predicted octanol–water partition coefficient (Wildman–Crippen LogP) is 5.43. The molecule has 1 fully saturated rings. The third-order valence-electron chi connectivity index (χ3n) is 5.01. The van der Waals surface area contributed by atoms with E-state index in [1.165, 1.54) is 12.1 Å². The fourth-order valence-corrected chi connectivity index (χ4v) is 3.60. The predicted molar refractivity (Wildman–Crippen MR) is 112 cm³/mol. The van der Waals surface area contributed by atoms with Crippen LogP contribution < -0.4 is 0 Å². The van der Waals surface area contributed by atoms with Crippen LogP contribution in [0.5, 0.6) is 0 Å². The van der Waals surface area contributed by atoms with Gasteiger partial charge in [-0.2, -0.15) is 0 Å². The molecule has 0 aliphatic heterocycles. The van der Waals surface area contributed by atoms with Crippen molar-refractivity contribution in [2.75, 3.05) is 6.54 Å². The van der Waals surface area contributed by atoms with Gasteiger partial charge in [0, 0.05) is 31.0 Å². The Kier molecular flexibility index (Phi) is 5.88. The van der Waals surface area contributed by atoms with E-state index in [1.54, 1.807) is 29.3 Å². The lowest BCUT2D eigenvalue weighted by Crippen LogP contribution is -2.33. The largest absolute Gasteiger partial charge is 0.331 e. The summed E-state index contributed by atoms with van der Waals surface area (Å²) >= 11 is 12.1. The van der Waals surface area contributed by atoms with Crippen LogP contribution in [0.25, 0.3) is 0 Å². The molecule has 0 N–H and O–H groups in total. The molecule has 4 nitrogen and oxygen atoms in total. The van der Waals surface area contributed by atoms with Gasteiger partial charge in [0.25, 0.3) is 5.91 Å². The van der Waals surface area contributed by atoms with Crippen molar-refractivity contribution in [2.45, 2.75) is 25.9 Å². The molecule has 1 aliphatic carbocycles. The van der Waals surface area contributed by atoms with Gasteiger partial charge in [-0.15, -0.1) is 0 Å². The maximum Gasteiger partial charge on any atom is 0.254 e. The van der Waals surface area contributed by atoms with Crippen LogP contribution in [0, 0.1) is 11.7 Å². The summed E-state index contributed by atoms with van der Waals surface area (Å²) in [6.45, 7) is 1.58. The summed E-state index contributed by atoms with van der Waals surface area (Å²) in [6, 6.07) is 11.3. The number of amides is 1. The molecule has 1 heterocycles. The second kappa shape index (κ2) is 8.56. The lowest BCUT2D eigenvalue weighted by Gasteiger charge is -2.23. The maximum absolute atomic E-state index is 13.6. The van der Waals surface area contributed by atoms with Crippen molar-refractivity contribution in [1.82, 2.24) is 14.5 Å². The van der Waals surface area contributed by atoms with Crippen LogP contribution in [0.3, 0.4) is 0 Å². The number of benzene rings is 2. The molecule has 1 amide bonds. The third kappa shape index (κ3) is 4.98. The monoisotopic (exact) mass is 431 g/mol. The zero-order valence-corrected chi connectivity index (χ0v) is 17.2. The average Bonchev–Trinajstić information content (AvgIpc) is 3.42. The number of carbonyl (C=O) groups is 1. The molecule has 0 unspecified atom stereocenters. The minimum Gasteiger partial charge on any atom is -0.331 e. The number of nitrogens with zero attached hydrogens (tertiary/aromatic N) is 3. The summed E-state index contributed by atoms with van der Waals surface area (Å²) in [5.41, 5.74) is 1.34. The normalized spacial score (nSPS) is 13.5. The molecular weight excluding hydrogens is 412 g/mol. The number of hydrogen-bond donors (Lipinski definition) is 0. The zero-order chi connectivity index (χ0) is 20.4. The lowest BCUT2D eigenvalue weighted by atomic mass is 10.2. The lowest BCUT2D eigenvalue weighted by molar-refractivity contribution is 0.0728. The van der Waals surface area contributed by atoms with Crippen molar-refractivity contribution >= 4 is 29.1 Å². The molecule has 2 aromatic carbocycles. The Labute approximate surface area is 178 Å². The SMILES string of the molecule is O=C(c1cccc(F)c1)N(Cc1nccn1Cc1ccc(Cl)c(Cl)c1)CC1CC1. The van der Waals surface area contributed by atoms with Crippen molar-refractivity contribution in [1.29, 1.82) is 0 Å². The first-order chi connectivity index (χ1) is 14.0. The smallest absolute Gasteiger partial charge is 0.254 e. The molecule has 0 atom stereocenters. The number of carbonyl (C=O) groups excluding carboxylic acids is 1. The highest BCUT2D eigenvalue weighted by Crippen LogP contribution is 2.31. The Morgan fingerprint density at radius 3 is 2.72 bits per heavy atom. The summed E-state index contributed by atoms with van der Waals surface area (Å²) < 4.78 is 15.6. The van der Waals surface area contributed by atoms with Crippen molar-refractivity contribution in [3.05, 3.63) is 87.7 Å². The zero-order valence-electron chi connectivity index (χ0n) is 15.7. The molecule has 0 spiro atoms.